The molecule has 0 aliphatic rings. The van der Waals surface area contributed by atoms with Gasteiger partial charge >= 0.3 is 0 Å². The van der Waals surface area contributed by atoms with E-state index in [0.717, 1.165) is 22.2 Å². The summed E-state index contributed by atoms with van der Waals surface area (Å²) in [6.45, 7) is 4.43. The van der Waals surface area contributed by atoms with Gasteiger partial charge in [0.2, 0.25) is 11.8 Å². The molecule has 3 aromatic rings. The van der Waals surface area contributed by atoms with Gasteiger partial charge in [0, 0.05) is 16.8 Å². The van der Waals surface area contributed by atoms with Gasteiger partial charge in [-0.05, 0) is 49.2 Å². The number of carbonyl (C=O) groups is 2. The van der Waals surface area contributed by atoms with E-state index in [2.05, 4.69) is 10.6 Å². The first-order valence-electron chi connectivity index (χ1n) is 9.98. The number of rotatable bonds is 8. The highest BCUT2D eigenvalue weighted by Gasteiger charge is 2.22. The first kappa shape index (κ1) is 21.3. The number of nitrogens with one attached hydrogen (secondary N) is 2. The maximum absolute atomic E-state index is 12.9. The van der Waals surface area contributed by atoms with Crippen LogP contribution in [0.4, 0.5) is 11.4 Å². The molecule has 3 aromatic carbocycles. The fourth-order valence-electron chi connectivity index (χ4n) is 3.32. The predicted molar refractivity (Wildman–Crippen MR) is 121 cm³/mol. The summed E-state index contributed by atoms with van der Waals surface area (Å²) >= 11 is 0. The molecule has 0 fully saturated rings. The highest BCUT2D eigenvalue weighted by molar-refractivity contribution is 6.04. The van der Waals surface area contributed by atoms with Crippen LogP contribution in [0.25, 0.3) is 10.8 Å². The Morgan fingerprint density at radius 1 is 0.967 bits per heavy atom. The van der Waals surface area contributed by atoms with Gasteiger partial charge in [0.05, 0.1) is 19.7 Å². The molecular formula is C24H27N3O3. The lowest BCUT2D eigenvalue weighted by Gasteiger charge is -2.26. The van der Waals surface area contributed by atoms with Crippen molar-refractivity contribution in [2.75, 3.05) is 30.8 Å². The summed E-state index contributed by atoms with van der Waals surface area (Å²) in [7, 11) is 1.59. The van der Waals surface area contributed by atoms with E-state index in [1.54, 1.807) is 31.4 Å². The number of hydrogen-bond acceptors (Lipinski definition) is 4. The van der Waals surface area contributed by atoms with Crippen LogP contribution in [-0.4, -0.2) is 43.0 Å². The zero-order valence-corrected chi connectivity index (χ0v) is 17.5. The SMILES string of the molecule is CCN(CC(=O)Nc1ccc(OC)cc1)[C@@H](C)C(=O)Nc1cccc2ccccc12. The van der Waals surface area contributed by atoms with Crippen LogP contribution in [0.2, 0.25) is 0 Å². The molecule has 2 N–H and O–H groups in total. The highest BCUT2D eigenvalue weighted by atomic mass is 16.5. The largest absolute Gasteiger partial charge is 0.497 e. The van der Waals surface area contributed by atoms with Crippen molar-refractivity contribution in [3.8, 4) is 5.75 Å². The van der Waals surface area contributed by atoms with E-state index in [4.69, 9.17) is 4.74 Å². The molecule has 2 amide bonds. The summed E-state index contributed by atoms with van der Waals surface area (Å²) in [6.07, 6.45) is 0. The molecule has 0 aliphatic carbocycles. The molecule has 0 aliphatic heterocycles. The van der Waals surface area contributed by atoms with Gasteiger partial charge in [0.25, 0.3) is 0 Å². The molecule has 0 aromatic heterocycles. The Hall–Kier alpha value is -3.38. The summed E-state index contributed by atoms with van der Waals surface area (Å²) in [5, 5.41) is 7.92. The Labute approximate surface area is 176 Å². The van der Waals surface area contributed by atoms with Crippen LogP contribution in [0, 0.1) is 0 Å². The maximum atomic E-state index is 12.9. The van der Waals surface area contributed by atoms with E-state index in [1.165, 1.54) is 0 Å². The van der Waals surface area contributed by atoms with Gasteiger partial charge in [-0.2, -0.15) is 0 Å². The summed E-state index contributed by atoms with van der Waals surface area (Å²) in [5.74, 6) is 0.402. The second-order valence-corrected chi connectivity index (χ2v) is 7.03. The number of ether oxygens (including phenoxy) is 1. The Balaban J connectivity index is 1.63. The molecule has 156 valence electrons. The van der Waals surface area contributed by atoms with E-state index in [9.17, 15) is 9.59 Å². The van der Waals surface area contributed by atoms with Crippen LogP contribution < -0.4 is 15.4 Å². The van der Waals surface area contributed by atoms with Gasteiger partial charge in [-0.25, -0.2) is 0 Å². The molecule has 6 heteroatoms. The monoisotopic (exact) mass is 405 g/mol. The smallest absolute Gasteiger partial charge is 0.241 e. The van der Waals surface area contributed by atoms with Gasteiger partial charge in [-0.15, -0.1) is 0 Å². The third-order valence-corrected chi connectivity index (χ3v) is 5.10. The van der Waals surface area contributed by atoms with E-state index in [0.29, 0.717) is 12.2 Å². The molecular weight excluding hydrogens is 378 g/mol. The average molecular weight is 405 g/mol. The molecule has 30 heavy (non-hydrogen) atoms. The fourth-order valence-corrected chi connectivity index (χ4v) is 3.32. The number of likely N-dealkylation sites (N-methyl/N-ethyl adjacent to an activating group) is 1. The van der Waals surface area contributed by atoms with Crippen LogP contribution >= 0.6 is 0 Å². The Morgan fingerprint density at radius 2 is 1.67 bits per heavy atom. The second kappa shape index (κ2) is 9.89. The van der Waals surface area contributed by atoms with Crippen molar-refractivity contribution in [1.82, 2.24) is 4.90 Å². The van der Waals surface area contributed by atoms with Gasteiger partial charge in [0.1, 0.15) is 5.75 Å². The molecule has 0 unspecified atom stereocenters. The van der Waals surface area contributed by atoms with Crippen LogP contribution in [0.15, 0.2) is 66.7 Å². The topological polar surface area (TPSA) is 70.7 Å². The van der Waals surface area contributed by atoms with Gasteiger partial charge < -0.3 is 15.4 Å². The summed E-state index contributed by atoms with van der Waals surface area (Å²) in [4.78, 5) is 27.2. The number of hydrogen-bond donors (Lipinski definition) is 2. The standard InChI is InChI=1S/C24H27N3O3/c1-4-27(16-23(28)25-19-12-14-20(30-3)15-13-19)17(2)24(29)26-22-11-7-9-18-8-5-6-10-21(18)22/h5-15,17H,4,16H2,1-3H3,(H,25,28)(H,26,29)/t17-/m0/s1. The summed E-state index contributed by atoms with van der Waals surface area (Å²) in [6, 6.07) is 20.4. The number of amides is 2. The van der Waals surface area contributed by atoms with E-state index in [-0.39, 0.29) is 18.4 Å². The zero-order valence-electron chi connectivity index (χ0n) is 17.5. The summed E-state index contributed by atoms with van der Waals surface area (Å²) < 4.78 is 5.12. The predicted octanol–water partition coefficient (Wildman–Crippen LogP) is 4.14. The van der Waals surface area contributed by atoms with Gasteiger partial charge in [0.15, 0.2) is 0 Å². The Bertz CT molecular complexity index is 1010. The Morgan fingerprint density at radius 3 is 2.37 bits per heavy atom. The number of anilines is 2. The lowest BCUT2D eigenvalue weighted by atomic mass is 10.1. The van der Waals surface area contributed by atoms with Crippen LogP contribution in [0.1, 0.15) is 13.8 Å². The second-order valence-electron chi connectivity index (χ2n) is 7.03. The first-order chi connectivity index (χ1) is 14.5. The Kier molecular flexibility index (Phi) is 7.03. The molecule has 0 spiro atoms. The number of benzene rings is 3. The first-order valence-corrected chi connectivity index (χ1v) is 9.98. The maximum Gasteiger partial charge on any atom is 0.241 e. The highest BCUT2D eigenvalue weighted by Crippen LogP contribution is 2.23. The van der Waals surface area contributed by atoms with Crippen molar-refractivity contribution in [3.63, 3.8) is 0 Å². The summed E-state index contributed by atoms with van der Waals surface area (Å²) in [5.41, 5.74) is 1.45. The third kappa shape index (κ3) is 5.15. The van der Waals surface area contributed by atoms with Crippen molar-refractivity contribution in [2.45, 2.75) is 19.9 Å². The average Bonchev–Trinajstić information content (AvgIpc) is 2.77. The number of methoxy groups -OCH3 is 1. The quantitative estimate of drug-likeness (QED) is 0.591. The normalized spacial score (nSPS) is 11.9. The zero-order chi connectivity index (χ0) is 21.5. The lowest BCUT2D eigenvalue weighted by Crippen LogP contribution is -2.45. The van der Waals surface area contributed by atoms with Crippen molar-refractivity contribution in [1.29, 1.82) is 0 Å². The van der Waals surface area contributed by atoms with Crippen molar-refractivity contribution < 1.29 is 14.3 Å². The molecule has 0 heterocycles. The lowest BCUT2D eigenvalue weighted by molar-refractivity contribution is -0.123. The van der Waals surface area contributed by atoms with E-state index >= 15 is 0 Å². The van der Waals surface area contributed by atoms with Crippen molar-refractivity contribution >= 4 is 34.0 Å². The minimum atomic E-state index is -0.462. The number of carbonyl (C=O) groups excluding carboxylic acids is 2. The van der Waals surface area contributed by atoms with Crippen LogP contribution in [-0.2, 0) is 9.59 Å². The number of nitrogens with zero attached hydrogens (tertiary/aromatic N) is 1. The van der Waals surface area contributed by atoms with Gasteiger partial charge in [-0.1, -0.05) is 43.3 Å². The van der Waals surface area contributed by atoms with Crippen molar-refractivity contribution in [2.24, 2.45) is 0 Å². The van der Waals surface area contributed by atoms with Crippen LogP contribution in [0.3, 0.4) is 0 Å². The molecule has 6 nitrogen and oxygen atoms in total. The fraction of sp³-hybridized carbons (Fsp3) is 0.250. The minimum absolute atomic E-state index is 0.118. The van der Waals surface area contributed by atoms with E-state index in [1.807, 2.05) is 61.2 Å². The minimum Gasteiger partial charge on any atom is -0.497 e. The molecule has 0 saturated carbocycles. The molecule has 0 radical (unpaired) electrons. The third-order valence-electron chi connectivity index (χ3n) is 5.10. The van der Waals surface area contributed by atoms with Crippen molar-refractivity contribution in [3.05, 3.63) is 66.7 Å². The van der Waals surface area contributed by atoms with Crippen LogP contribution in [0.5, 0.6) is 5.75 Å². The molecule has 1 atom stereocenters. The molecule has 0 saturated heterocycles. The van der Waals surface area contributed by atoms with E-state index < -0.39 is 6.04 Å². The van der Waals surface area contributed by atoms with Gasteiger partial charge in [-0.3, -0.25) is 14.5 Å². The molecule has 3 rings (SSSR count). The molecule has 0 bridgehead atoms. The number of fused-ring (bicyclic) bond motifs is 1.